The summed E-state index contributed by atoms with van der Waals surface area (Å²) in [6, 6.07) is 3.85. The standard InChI is InChI=1S/C16H22ClNO2/c17-13-10-15-14(19-7-4-8-20-15)9-12(13)16(18)11-5-2-1-3-6-11/h9-11,16H,1-8,18H2. The van der Waals surface area contributed by atoms with Crippen LogP contribution < -0.4 is 15.2 Å². The van der Waals surface area contributed by atoms with E-state index in [0.717, 1.165) is 23.5 Å². The fourth-order valence-corrected chi connectivity index (χ4v) is 3.48. The maximum absolute atomic E-state index is 6.46. The molecule has 1 atom stereocenters. The zero-order chi connectivity index (χ0) is 13.9. The van der Waals surface area contributed by atoms with Crippen molar-refractivity contribution in [1.29, 1.82) is 0 Å². The first-order valence-corrected chi connectivity index (χ1v) is 7.98. The minimum Gasteiger partial charge on any atom is -0.490 e. The van der Waals surface area contributed by atoms with E-state index in [9.17, 15) is 0 Å². The molecule has 0 amide bonds. The highest BCUT2D eigenvalue weighted by atomic mass is 35.5. The van der Waals surface area contributed by atoms with Gasteiger partial charge in [0.2, 0.25) is 0 Å². The molecule has 4 heteroatoms. The second-order valence-electron chi connectivity index (χ2n) is 5.79. The largest absolute Gasteiger partial charge is 0.490 e. The van der Waals surface area contributed by atoms with Crippen molar-refractivity contribution >= 4 is 11.6 Å². The molecule has 0 spiro atoms. The number of rotatable bonds is 2. The number of ether oxygens (including phenoxy) is 2. The third-order valence-corrected chi connectivity index (χ3v) is 4.71. The number of fused-ring (bicyclic) bond motifs is 1. The molecule has 0 saturated heterocycles. The molecule has 1 saturated carbocycles. The fraction of sp³-hybridized carbons (Fsp3) is 0.625. The average molecular weight is 296 g/mol. The molecular formula is C16H22ClNO2. The second-order valence-corrected chi connectivity index (χ2v) is 6.20. The molecule has 110 valence electrons. The van der Waals surface area contributed by atoms with Gasteiger partial charge in [-0.25, -0.2) is 0 Å². The van der Waals surface area contributed by atoms with Gasteiger partial charge in [0.05, 0.1) is 13.2 Å². The highest BCUT2D eigenvalue weighted by molar-refractivity contribution is 6.31. The summed E-state index contributed by atoms with van der Waals surface area (Å²) < 4.78 is 11.4. The Kier molecular flexibility index (Phi) is 4.37. The topological polar surface area (TPSA) is 44.5 Å². The van der Waals surface area contributed by atoms with Crippen LogP contribution in [0.5, 0.6) is 11.5 Å². The predicted octanol–water partition coefficient (Wildman–Crippen LogP) is 4.08. The first-order valence-electron chi connectivity index (χ1n) is 7.60. The summed E-state index contributed by atoms with van der Waals surface area (Å²) >= 11 is 6.41. The summed E-state index contributed by atoms with van der Waals surface area (Å²) in [7, 11) is 0. The van der Waals surface area contributed by atoms with Crippen LogP contribution in [0.15, 0.2) is 12.1 Å². The van der Waals surface area contributed by atoms with Crippen molar-refractivity contribution in [2.24, 2.45) is 11.7 Å². The minimum atomic E-state index is -0.0000435. The molecule has 0 aromatic heterocycles. The zero-order valence-corrected chi connectivity index (χ0v) is 12.5. The van der Waals surface area contributed by atoms with Gasteiger partial charge in [-0.05, 0) is 30.4 Å². The Morgan fingerprint density at radius 1 is 1.00 bits per heavy atom. The summed E-state index contributed by atoms with van der Waals surface area (Å²) in [5.74, 6) is 2.06. The molecule has 1 aliphatic heterocycles. The maximum Gasteiger partial charge on any atom is 0.162 e. The second kappa shape index (κ2) is 6.23. The van der Waals surface area contributed by atoms with Gasteiger partial charge in [0.25, 0.3) is 0 Å². The minimum absolute atomic E-state index is 0.0000435. The number of halogens is 1. The molecule has 3 rings (SSSR count). The molecule has 1 fully saturated rings. The molecule has 1 aromatic carbocycles. The van der Waals surface area contributed by atoms with Gasteiger partial charge in [-0.1, -0.05) is 30.9 Å². The first kappa shape index (κ1) is 14.0. The number of nitrogens with two attached hydrogens (primary N) is 1. The number of hydrogen-bond acceptors (Lipinski definition) is 3. The van der Waals surface area contributed by atoms with E-state index in [0.29, 0.717) is 24.2 Å². The quantitative estimate of drug-likeness (QED) is 0.894. The molecule has 1 unspecified atom stereocenters. The van der Waals surface area contributed by atoms with Gasteiger partial charge in [-0.2, -0.15) is 0 Å². The van der Waals surface area contributed by atoms with Crippen molar-refractivity contribution in [3.05, 3.63) is 22.7 Å². The van der Waals surface area contributed by atoms with Crippen LogP contribution >= 0.6 is 11.6 Å². The summed E-state index contributed by atoms with van der Waals surface area (Å²) in [4.78, 5) is 0. The Labute approximate surface area is 125 Å². The van der Waals surface area contributed by atoms with Crippen molar-refractivity contribution in [3.8, 4) is 11.5 Å². The monoisotopic (exact) mass is 295 g/mol. The summed E-state index contributed by atoms with van der Waals surface area (Å²) in [6.07, 6.45) is 7.19. The third-order valence-electron chi connectivity index (χ3n) is 4.38. The van der Waals surface area contributed by atoms with Gasteiger partial charge >= 0.3 is 0 Å². The number of hydrogen-bond donors (Lipinski definition) is 1. The van der Waals surface area contributed by atoms with Crippen molar-refractivity contribution in [3.63, 3.8) is 0 Å². The molecule has 2 aliphatic rings. The fourth-order valence-electron chi connectivity index (χ4n) is 3.20. The molecule has 3 nitrogen and oxygen atoms in total. The van der Waals surface area contributed by atoms with Crippen LogP contribution in [0.1, 0.15) is 50.1 Å². The normalized spacial score (nSPS) is 21.3. The van der Waals surface area contributed by atoms with Gasteiger partial charge < -0.3 is 15.2 Å². The molecule has 0 radical (unpaired) electrons. The summed E-state index contributed by atoms with van der Waals surface area (Å²) in [5, 5.41) is 0.701. The van der Waals surface area contributed by atoms with E-state index in [2.05, 4.69) is 0 Å². The van der Waals surface area contributed by atoms with Gasteiger partial charge in [0.1, 0.15) is 0 Å². The van der Waals surface area contributed by atoms with E-state index in [1.165, 1.54) is 32.1 Å². The smallest absolute Gasteiger partial charge is 0.162 e. The molecule has 20 heavy (non-hydrogen) atoms. The molecule has 2 N–H and O–H groups in total. The summed E-state index contributed by atoms with van der Waals surface area (Å²) in [5.41, 5.74) is 7.46. The first-order chi connectivity index (χ1) is 9.75. The van der Waals surface area contributed by atoms with Crippen LogP contribution in [0.25, 0.3) is 0 Å². The highest BCUT2D eigenvalue weighted by Crippen LogP contribution is 2.41. The average Bonchev–Trinajstić information content (AvgIpc) is 2.71. The van der Waals surface area contributed by atoms with E-state index >= 15 is 0 Å². The van der Waals surface area contributed by atoms with Crippen LogP contribution in [-0.4, -0.2) is 13.2 Å². The molecule has 1 aromatic rings. The molecular weight excluding hydrogens is 274 g/mol. The van der Waals surface area contributed by atoms with E-state index in [1.54, 1.807) is 0 Å². The Bertz CT molecular complexity index is 472. The van der Waals surface area contributed by atoms with Gasteiger partial charge in [-0.3, -0.25) is 0 Å². The lowest BCUT2D eigenvalue weighted by Gasteiger charge is -2.28. The van der Waals surface area contributed by atoms with Crippen molar-refractivity contribution in [2.45, 2.75) is 44.6 Å². The van der Waals surface area contributed by atoms with Crippen LogP contribution in [0, 0.1) is 5.92 Å². The number of benzene rings is 1. The van der Waals surface area contributed by atoms with Crippen LogP contribution in [0.3, 0.4) is 0 Å². The third kappa shape index (κ3) is 2.89. The van der Waals surface area contributed by atoms with E-state index < -0.39 is 0 Å². The Balaban J connectivity index is 1.86. The van der Waals surface area contributed by atoms with Crippen molar-refractivity contribution in [1.82, 2.24) is 0 Å². The molecule has 0 bridgehead atoms. The maximum atomic E-state index is 6.46. The van der Waals surface area contributed by atoms with Gasteiger partial charge in [0, 0.05) is 23.6 Å². The van der Waals surface area contributed by atoms with Crippen LogP contribution in [-0.2, 0) is 0 Å². The predicted molar refractivity (Wildman–Crippen MR) is 80.6 cm³/mol. The van der Waals surface area contributed by atoms with Crippen LogP contribution in [0.2, 0.25) is 5.02 Å². The van der Waals surface area contributed by atoms with Crippen LogP contribution in [0.4, 0.5) is 0 Å². The summed E-state index contributed by atoms with van der Waals surface area (Å²) in [6.45, 7) is 1.37. The lowest BCUT2D eigenvalue weighted by Crippen LogP contribution is -2.24. The Morgan fingerprint density at radius 3 is 2.35 bits per heavy atom. The van der Waals surface area contributed by atoms with E-state index in [-0.39, 0.29) is 6.04 Å². The SMILES string of the molecule is NC(c1cc2c(cc1Cl)OCCCO2)C1CCCCC1. The Hall–Kier alpha value is -0.930. The van der Waals surface area contributed by atoms with E-state index in [1.807, 2.05) is 12.1 Å². The van der Waals surface area contributed by atoms with E-state index in [4.69, 9.17) is 26.8 Å². The Morgan fingerprint density at radius 2 is 1.65 bits per heavy atom. The molecule has 1 heterocycles. The zero-order valence-electron chi connectivity index (χ0n) is 11.7. The lowest BCUT2D eigenvalue weighted by atomic mass is 9.81. The van der Waals surface area contributed by atoms with Crippen molar-refractivity contribution < 1.29 is 9.47 Å². The highest BCUT2D eigenvalue weighted by Gasteiger charge is 2.25. The lowest BCUT2D eigenvalue weighted by molar-refractivity contribution is 0.296. The molecule has 1 aliphatic carbocycles. The van der Waals surface area contributed by atoms with Crippen molar-refractivity contribution in [2.75, 3.05) is 13.2 Å². The van der Waals surface area contributed by atoms with Gasteiger partial charge in [0.15, 0.2) is 11.5 Å². The van der Waals surface area contributed by atoms with Gasteiger partial charge in [-0.15, -0.1) is 0 Å².